The van der Waals surface area contributed by atoms with E-state index in [1.165, 1.54) is 32.1 Å². The van der Waals surface area contributed by atoms with Crippen LogP contribution in [0.4, 0.5) is 0 Å². The zero-order valence-corrected chi connectivity index (χ0v) is 14.4. The summed E-state index contributed by atoms with van der Waals surface area (Å²) in [4.78, 5) is 14.1. The van der Waals surface area contributed by atoms with Crippen molar-refractivity contribution in [2.45, 2.75) is 77.8 Å². The Labute approximate surface area is 135 Å². The first kappa shape index (κ1) is 17.3. The maximum Gasteiger partial charge on any atom is 0.237 e. The summed E-state index contributed by atoms with van der Waals surface area (Å²) in [5.41, 5.74) is 0.424. The van der Waals surface area contributed by atoms with E-state index in [9.17, 15) is 4.79 Å². The highest BCUT2D eigenvalue weighted by molar-refractivity contribution is 5.79. The Kier molecular flexibility index (Phi) is 5.86. The molecular formula is C18H31N3O. The van der Waals surface area contributed by atoms with Gasteiger partial charge in [0.25, 0.3) is 0 Å². The van der Waals surface area contributed by atoms with Gasteiger partial charge in [0, 0.05) is 12.6 Å². The number of likely N-dealkylation sites (tertiary alicyclic amines) is 1. The van der Waals surface area contributed by atoms with Crippen molar-refractivity contribution in [2.75, 3.05) is 13.1 Å². The van der Waals surface area contributed by atoms with Gasteiger partial charge < -0.3 is 10.2 Å². The summed E-state index contributed by atoms with van der Waals surface area (Å²) in [6.07, 6.45) is 7.89. The van der Waals surface area contributed by atoms with Gasteiger partial charge in [-0.05, 0) is 43.4 Å². The highest BCUT2D eigenvalue weighted by Gasteiger charge is 2.42. The number of nitriles is 1. The predicted octanol–water partition coefficient (Wildman–Crippen LogP) is 3.09. The summed E-state index contributed by atoms with van der Waals surface area (Å²) in [5.74, 6) is 0.861. The van der Waals surface area contributed by atoms with Gasteiger partial charge in [-0.25, -0.2) is 0 Å². The second-order valence-electron chi connectivity index (χ2n) is 7.40. The van der Waals surface area contributed by atoms with E-state index < -0.39 is 0 Å². The van der Waals surface area contributed by atoms with E-state index in [1.807, 2.05) is 0 Å². The third-order valence-electron chi connectivity index (χ3n) is 5.85. The molecule has 1 aliphatic heterocycles. The number of hydrogen-bond donors (Lipinski definition) is 1. The van der Waals surface area contributed by atoms with Crippen molar-refractivity contribution in [3.05, 3.63) is 0 Å². The first-order valence-electron chi connectivity index (χ1n) is 8.96. The molecule has 1 unspecified atom stereocenters. The molecule has 1 amide bonds. The molecular weight excluding hydrogens is 274 g/mol. The van der Waals surface area contributed by atoms with Crippen molar-refractivity contribution >= 4 is 5.91 Å². The van der Waals surface area contributed by atoms with E-state index in [-0.39, 0.29) is 11.9 Å². The van der Waals surface area contributed by atoms with Crippen molar-refractivity contribution in [3.8, 4) is 6.07 Å². The van der Waals surface area contributed by atoms with Crippen molar-refractivity contribution in [3.63, 3.8) is 0 Å². The number of nitrogens with one attached hydrogen (secondary N) is 1. The maximum absolute atomic E-state index is 12.3. The van der Waals surface area contributed by atoms with Crippen LogP contribution in [0.1, 0.15) is 65.7 Å². The Bertz CT molecular complexity index is 431. The number of hydrogen-bond acceptors (Lipinski definition) is 3. The monoisotopic (exact) mass is 305 g/mol. The van der Waals surface area contributed by atoms with Gasteiger partial charge in [0.2, 0.25) is 5.91 Å². The van der Waals surface area contributed by atoms with Gasteiger partial charge in [-0.2, -0.15) is 5.26 Å². The van der Waals surface area contributed by atoms with Crippen molar-refractivity contribution in [1.29, 1.82) is 5.26 Å². The van der Waals surface area contributed by atoms with Crippen LogP contribution in [0.3, 0.4) is 0 Å². The molecule has 0 aromatic rings. The van der Waals surface area contributed by atoms with Gasteiger partial charge in [0.15, 0.2) is 0 Å². The molecule has 1 aliphatic carbocycles. The molecule has 1 N–H and O–H groups in total. The summed E-state index contributed by atoms with van der Waals surface area (Å²) in [5, 5.41) is 12.6. The van der Waals surface area contributed by atoms with Crippen LogP contribution >= 0.6 is 0 Å². The second-order valence-corrected chi connectivity index (χ2v) is 7.40. The van der Waals surface area contributed by atoms with E-state index >= 15 is 0 Å². The zero-order chi connectivity index (χ0) is 16.2. The van der Waals surface area contributed by atoms with Crippen LogP contribution < -0.4 is 5.32 Å². The summed E-state index contributed by atoms with van der Waals surface area (Å²) in [7, 11) is 0. The quantitative estimate of drug-likeness (QED) is 0.820. The SMILES string of the molecule is CCC[C@@]1(C)C[C@H](NCC(=O)N2CCCC2C#N)C[C@H]1CC. The lowest BCUT2D eigenvalue weighted by atomic mass is 9.75. The van der Waals surface area contributed by atoms with Crippen LogP contribution in [0, 0.1) is 22.7 Å². The molecule has 124 valence electrons. The Balaban J connectivity index is 1.85. The lowest BCUT2D eigenvalue weighted by molar-refractivity contribution is -0.130. The van der Waals surface area contributed by atoms with Crippen molar-refractivity contribution in [2.24, 2.45) is 11.3 Å². The van der Waals surface area contributed by atoms with Crippen LogP contribution in [0.2, 0.25) is 0 Å². The van der Waals surface area contributed by atoms with Crippen LogP contribution in [0.15, 0.2) is 0 Å². The van der Waals surface area contributed by atoms with Gasteiger partial charge in [0.1, 0.15) is 6.04 Å². The van der Waals surface area contributed by atoms with E-state index in [0.29, 0.717) is 18.0 Å². The zero-order valence-electron chi connectivity index (χ0n) is 14.4. The summed E-state index contributed by atoms with van der Waals surface area (Å²) < 4.78 is 0. The molecule has 0 spiro atoms. The Morgan fingerprint density at radius 3 is 2.86 bits per heavy atom. The molecule has 4 atom stereocenters. The number of rotatable bonds is 6. The maximum atomic E-state index is 12.3. The van der Waals surface area contributed by atoms with Crippen LogP contribution in [-0.4, -0.2) is 36.0 Å². The molecule has 1 saturated carbocycles. The smallest absolute Gasteiger partial charge is 0.237 e. The summed E-state index contributed by atoms with van der Waals surface area (Å²) in [6.45, 7) is 8.10. The molecule has 1 saturated heterocycles. The van der Waals surface area contributed by atoms with Gasteiger partial charge in [-0.15, -0.1) is 0 Å². The Morgan fingerprint density at radius 2 is 2.23 bits per heavy atom. The van der Waals surface area contributed by atoms with E-state index in [2.05, 4.69) is 32.2 Å². The van der Waals surface area contributed by atoms with Crippen molar-refractivity contribution < 1.29 is 4.79 Å². The average Bonchev–Trinajstić information content (AvgIpc) is 3.09. The number of amides is 1. The van der Waals surface area contributed by atoms with Gasteiger partial charge in [-0.1, -0.05) is 33.6 Å². The number of carbonyl (C=O) groups is 1. The van der Waals surface area contributed by atoms with Gasteiger partial charge in [-0.3, -0.25) is 4.79 Å². The molecule has 4 heteroatoms. The minimum absolute atomic E-state index is 0.0983. The highest BCUT2D eigenvalue weighted by Crippen LogP contribution is 2.47. The van der Waals surface area contributed by atoms with Crippen molar-refractivity contribution in [1.82, 2.24) is 10.2 Å². The third kappa shape index (κ3) is 3.63. The normalized spacial score (nSPS) is 34.8. The topological polar surface area (TPSA) is 56.1 Å². The largest absolute Gasteiger partial charge is 0.326 e. The fourth-order valence-electron chi connectivity index (χ4n) is 4.67. The minimum Gasteiger partial charge on any atom is -0.326 e. The van der Waals surface area contributed by atoms with E-state index in [4.69, 9.17) is 5.26 Å². The first-order valence-corrected chi connectivity index (χ1v) is 8.96. The molecule has 0 aromatic heterocycles. The van der Waals surface area contributed by atoms with Gasteiger partial charge >= 0.3 is 0 Å². The average molecular weight is 305 g/mol. The number of nitrogens with zero attached hydrogens (tertiary/aromatic N) is 2. The standard InChI is InChI=1S/C18H31N3O/c1-4-8-18(3)11-15(10-14(18)5-2)20-13-17(22)21-9-6-7-16(21)12-19/h14-16,20H,4-11,13H2,1-3H3/t14-,15-,16?,18+/m1/s1. The molecule has 1 heterocycles. The predicted molar refractivity (Wildman–Crippen MR) is 88.2 cm³/mol. The van der Waals surface area contributed by atoms with E-state index in [0.717, 1.165) is 25.3 Å². The number of carbonyl (C=O) groups excluding carboxylic acids is 1. The second kappa shape index (κ2) is 7.46. The minimum atomic E-state index is -0.202. The molecule has 22 heavy (non-hydrogen) atoms. The lowest BCUT2D eigenvalue weighted by Gasteiger charge is -2.30. The fraction of sp³-hybridized carbons (Fsp3) is 0.889. The lowest BCUT2D eigenvalue weighted by Crippen LogP contribution is -2.43. The molecule has 2 rings (SSSR count). The summed E-state index contributed by atoms with van der Waals surface area (Å²) in [6, 6.07) is 2.50. The summed E-state index contributed by atoms with van der Waals surface area (Å²) >= 11 is 0. The molecule has 0 bridgehead atoms. The Morgan fingerprint density at radius 1 is 1.45 bits per heavy atom. The molecule has 4 nitrogen and oxygen atoms in total. The molecule has 0 aromatic carbocycles. The molecule has 2 aliphatic rings. The highest BCUT2D eigenvalue weighted by atomic mass is 16.2. The van der Waals surface area contributed by atoms with Crippen LogP contribution in [0.25, 0.3) is 0 Å². The molecule has 0 radical (unpaired) electrons. The fourth-order valence-corrected chi connectivity index (χ4v) is 4.67. The van der Waals surface area contributed by atoms with Crippen LogP contribution in [-0.2, 0) is 4.79 Å². The van der Waals surface area contributed by atoms with E-state index in [1.54, 1.807) is 4.90 Å². The first-order chi connectivity index (χ1) is 10.5. The molecule has 2 fully saturated rings. The van der Waals surface area contributed by atoms with Crippen LogP contribution in [0.5, 0.6) is 0 Å². The van der Waals surface area contributed by atoms with Gasteiger partial charge in [0.05, 0.1) is 12.6 Å². The Hall–Kier alpha value is -1.08. The third-order valence-corrected chi connectivity index (χ3v) is 5.85.